The molecule has 0 unspecified atom stereocenters. The van der Waals surface area contributed by atoms with Crippen LogP contribution in [-0.2, 0) is 9.05 Å². The predicted molar refractivity (Wildman–Crippen MR) is 41.1 cm³/mol. The minimum atomic E-state index is -4.48. The van der Waals surface area contributed by atoms with Crippen LogP contribution in [0.4, 0.5) is 8.78 Å². The summed E-state index contributed by atoms with van der Waals surface area (Å²) in [6, 6.07) is 1.30. The number of aromatic hydroxyl groups is 1. The third-order valence-electron chi connectivity index (χ3n) is 1.27. The lowest BCUT2D eigenvalue weighted by molar-refractivity contribution is 0.426. The van der Waals surface area contributed by atoms with Crippen molar-refractivity contribution < 1.29 is 22.3 Å². The van der Waals surface area contributed by atoms with Crippen LogP contribution in [0.25, 0.3) is 0 Å². The van der Waals surface area contributed by atoms with Gasteiger partial charge in [0.1, 0.15) is 5.75 Å². The summed E-state index contributed by atoms with van der Waals surface area (Å²) in [5.74, 6) is -4.00. The Labute approximate surface area is 77.0 Å². The Hall–Kier alpha value is -0.880. The average molecular weight is 229 g/mol. The number of phenols is 1. The summed E-state index contributed by atoms with van der Waals surface area (Å²) in [6.45, 7) is 0. The fraction of sp³-hybridized carbons (Fsp3) is 0. The maximum Gasteiger partial charge on any atom is 0.268 e. The van der Waals surface area contributed by atoms with Crippen LogP contribution < -0.4 is 0 Å². The molecule has 0 fully saturated rings. The molecule has 3 nitrogen and oxygen atoms in total. The van der Waals surface area contributed by atoms with Crippen molar-refractivity contribution in [2.75, 3.05) is 0 Å². The van der Waals surface area contributed by atoms with Crippen LogP contribution in [0.1, 0.15) is 0 Å². The molecule has 0 aromatic heterocycles. The highest BCUT2D eigenvalue weighted by Crippen LogP contribution is 2.29. The zero-order chi connectivity index (χ0) is 10.2. The second-order valence-electron chi connectivity index (χ2n) is 2.15. The highest BCUT2D eigenvalue weighted by atomic mass is 35.7. The molecule has 0 aliphatic heterocycles. The number of hydrogen-bond acceptors (Lipinski definition) is 3. The van der Waals surface area contributed by atoms with E-state index >= 15 is 0 Å². The Morgan fingerprint density at radius 2 is 1.85 bits per heavy atom. The molecule has 0 aliphatic carbocycles. The second-order valence-corrected chi connectivity index (χ2v) is 4.65. The second kappa shape index (κ2) is 3.12. The van der Waals surface area contributed by atoms with E-state index < -0.39 is 31.3 Å². The number of halogens is 3. The summed E-state index contributed by atoms with van der Waals surface area (Å²) in [5, 5.41) is 8.88. The first-order valence-corrected chi connectivity index (χ1v) is 5.26. The van der Waals surface area contributed by atoms with Crippen LogP contribution in [0, 0.1) is 11.6 Å². The Balaban J connectivity index is 3.62. The Morgan fingerprint density at radius 1 is 1.31 bits per heavy atom. The Bertz CT molecular complexity index is 443. The maximum absolute atomic E-state index is 12.8. The van der Waals surface area contributed by atoms with Crippen molar-refractivity contribution in [3.8, 4) is 5.75 Å². The molecule has 1 rings (SSSR count). The number of rotatable bonds is 1. The van der Waals surface area contributed by atoms with E-state index in [1.54, 1.807) is 0 Å². The van der Waals surface area contributed by atoms with Crippen molar-refractivity contribution in [3.63, 3.8) is 0 Å². The van der Waals surface area contributed by atoms with Crippen molar-refractivity contribution >= 4 is 19.7 Å². The van der Waals surface area contributed by atoms with E-state index in [0.717, 1.165) is 0 Å². The molecule has 1 aromatic rings. The van der Waals surface area contributed by atoms with E-state index in [2.05, 4.69) is 0 Å². The molecular formula is C6H3ClF2O3S. The van der Waals surface area contributed by atoms with Crippen LogP contribution in [0.3, 0.4) is 0 Å². The molecule has 0 spiro atoms. The standard InChI is InChI=1S/C6H3ClF2O3S/c7-13(11,12)6-4(10)2-1-3(8)5(6)9/h1-2,10H. The third kappa shape index (κ3) is 1.89. The summed E-state index contributed by atoms with van der Waals surface area (Å²) < 4.78 is 46.5. The van der Waals surface area contributed by atoms with Gasteiger partial charge in [0.15, 0.2) is 16.5 Å². The quantitative estimate of drug-likeness (QED) is 0.743. The largest absolute Gasteiger partial charge is 0.506 e. The molecule has 0 heterocycles. The van der Waals surface area contributed by atoms with Gasteiger partial charge in [0.2, 0.25) is 0 Å². The van der Waals surface area contributed by atoms with E-state index in [0.29, 0.717) is 12.1 Å². The zero-order valence-electron chi connectivity index (χ0n) is 5.96. The number of phenolic OH excluding ortho intramolecular Hbond substituents is 1. The van der Waals surface area contributed by atoms with Gasteiger partial charge in [-0.25, -0.2) is 17.2 Å². The molecule has 72 valence electrons. The number of hydrogen-bond donors (Lipinski definition) is 1. The average Bonchev–Trinajstić information content (AvgIpc) is 1.95. The molecule has 0 bridgehead atoms. The lowest BCUT2D eigenvalue weighted by Gasteiger charge is -2.01. The van der Waals surface area contributed by atoms with Crippen LogP contribution in [0.2, 0.25) is 0 Å². The van der Waals surface area contributed by atoms with Crippen molar-refractivity contribution in [3.05, 3.63) is 23.8 Å². The summed E-state index contributed by atoms with van der Waals surface area (Å²) >= 11 is 0. The van der Waals surface area contributed by atoms with Gasteiger partial charge in [-0.2, -0.15) is 0 Å². The molecule has 7 heteroatoms. The van der Waals surface area contributed by atoms with Crippen molar-refractivity contribution in [1.29, 1.82) is 0 Å². The van der Waals surface area contributed by atoms with E-state index in [9.17, 15) is 17.2 Å². The molecule has 0 radical (unpaired) electrons. The predicted octanol–water partition coefficient (Wildman–Crippen LogP) is 1.60. The van der Waals surface area contributed by atoms with Crippen molar-refractivity contribution in [1.82, 2.24) is 0 Å². The SMILES string of the molecule is O=S(=O)(Cl)c1c(O)ccc(F)c1F. The van der Waals surface area contributed by atoms with Gasteiger partial charge in [0.25, 0.3) is 9.05 Å². The highest BCUT2D eigenvalue weighted by molar-refractivity contribution is 8.13. The normalized spacial score (nSPS) is 11.6. The summed E-state index contributed by atoms with van der Waals surface area (Å²) in [6.07, 6.45) is 0. The van der Waals surface area contributed by atoms with Gasteiger partial charge in [-0.3, -0.25) is 0 Å². The molecule has 1 aromatic carbocycles. The topological polar surface area (TPSA) is 54.4 Å². The fourth-order valence-electron chi connectivity index (χ4n) is 0.754. The van der Waals surface area contributed by atoms with Crippen LogP contribution >= 0.6 is 10.7 Å². The van der Waals surface area contributed by atoms with E-state index in [-0.39, 0.29) is 0 Å². The first-order valence-electron chi connectivity index (χ1n) is 2.95. The smallest absolute Gasteiger partial charge is 0.268 e. The molecule has 0 saturated carbocycles. The first kappa shape index (κ1) is 10.2. The summed E-state index contributed by atoms with van der Waals surface area (Å²) in [4.78, 5) is -1.24. The number of benzene rings is 1. The monoisotopic (exact) mass is 228 g/mol. The van der Waals surface area contributed by atoms with Crippen LogP contribution in [-0.4, -0.2) is 13.5 Å². The minimum Gasteiger partial charge on any atom is -0.506 e. The van der Waals surface area contributed by atoms with Gasteiger partial charge in [0.05, 0.1) is 0 Å². The molecule has 1 N–H and O–H groups in total. The minimum absolute atomic E-state index is 0.593. The lowest BCUT2D eigenvalue weighted by atomic mass is 10.3. The highest BCUT2D eigenvalue weighted by Gasteiger charge is 2.23. The van der Waals surface area contributed by atoms with Gasteiger partial charge >= 0.3 is 0 Å². The van der Waals surface area contributed by atoms with Crippen molar-refractivity contribution in [2.24, 2.45) is 0 Å². The molecule has 13 heavy (non-hydrogen) atoms. The summed E-state index contributed by atoms with van der Waals surface area (Å²) in [7, 11) is 0.267. The third-order valence-corrected chi connectivity index (χ3v) is 2.61. The zero-order valence-corrected chi connectivity index (χ0v) is 7.53. The summed E-state index contributed by atoms with van der Waals surface area (Å²) in [5.41, 5.74) is 0. The van der Waals surface area contributed by atoms with Crippen molar-refractivity contribution in [2.45, 2.75) is 4.90 Å². The Kier molecular flexibility index (Phi) is 2.44. The van der Waals surface area contributed by atoms with Gasteiger partial charge in [0, 0.05) is 10.7 Å². The molecule has 0 atom stereocenters. The van der Waals surface area contributed by atoms with E-state index in [4.69, 9.17) is 15.8 Å². The van der Waals surface area contributed by atoms with Gasteiger partial charge in [-0.15, -0.1) is 0 Å². The molecule has 0 saturated heterocycles. The Morgan fingerprint density at radius 3 is 2.23 bits per heavy atom. The first-order chi connectivity index (χ1) is 5.84. The van der Waals surface area contributed by atoms with E-state index in [1.165, 1.54) is 0 Å². The molecule has 0 aliphatic rings. The van der Waals surface area contributed by atoms with Gasteiger partial charge in [-0.05, 0) is 12.1 Å². The molecular weight excluding hydrogens is 226 g/mol. The van der Waals surface area contributed by atoms with E-state index in [1.807, 2.05) is 0 Å². The molecule has 0 amide bonds. The lowest BCUT2D eigenvalue weighted by Crippen LogP contribution is -1.98. The van der Waals surface area contributed by atoms with Crippen LogP contribution in [0.15, 0.2) is 17.0 Å². The maximum atomic E-state index is 12.8. The van der Waals surface area contributed by atoms with Gasteiger partial charge in [-0.1, -0.05) is 0 Å². The fourth-order valence-corrected chi connectivity index (χ4v) is 1.82. The van der Waals surface area contributed by atoms with Gasteiger partial charge < -0.3 is 5.11 Å². The van der Waals surface area contributed by atoms with Crippen LogP contribution in [0.5, 0.6) is 5.75 Å².